The number of nitrogens with zero attached hydrogens (tertiary/aromatic N) is 1. The number of benzene rings is 1. The largest absolute Gasteiger partial charge is 0.422 e. The molecule has 25 heavy (non-hydrogen) atoms. The average molecular weight is 369 g/mol. The zero-order valence-corrected chi connectivity index (χ0v) is 14.3. The molecular formula is C17H11N3O3S2. The molecule has 8 heteroatoms. The molecule has 3 heterocycles. The van der Waals surface area contributed by atoms with E-state index in [4.69, 9.17) is 4.42 Å². The Kier molecular flexibility index (Phi) is 4.04. The SMILES string of the molecule is O=C(Nc1cccs1)Nc1nc(-c2cc3ccccc3oc2=O)cs1. The minimum absolute atomic E-state index is 0.363. The highest BCUT2D eigenvalue weighted by atomic mass is 32.1. The van der Waals surface area contributed by atoms with Crippen molar-refractivity contribution in [1.29, 1.82) is 0 Å². The molecule has 0 saturated carbocycles. The molecule has 4 aromatic rings. The lowest BCUT2D eigenvalue weighted by Gasteiger charge is -2.02. The fourth-order valence-electron chi connectivity index (χ4n) is 2.29. The van der Waals surface area contributed by atoms with Crippen LogP contribution in [0.4, 0.5) is 14.9 Å². The van der Waals surface area contributed by atoms with Crippen molar-refractivity contribution in [2.75, 3.05) is 10.6 Å². The van der Waals surface area contributed by atoms with Gasteiger partial charge in [-0.3, -0.25) is 10.6 Å². The first-order valence-electron chi connectivity index (χ1n) is 7.29. The predicted octanol–water partition coefficient (Wildman–Crippen LogP) is 4.62. The number of thiophene rings is 1. The topological polar surface area (TPSA) is 84.2 Å². The van der Waals surface area contributed by atoms with Crippen molar-refractivity contribution >= 4 is 49.8 Å². The molecule has 0 radical (unpaired) electrons. The number of hydrogen-bond donors (Lipinski definition) is 2. The van der Waals surface area contributed by atoms with Gasteiger partial charge in [0, 0.05) is 10.8 Å². The van der Waals surface area contributed by atoms with Crippen molar-refractivity contribution in [3.05, 3.63) is 63.6 Å². The van der Waals surface area contributed by atoms with E-state index in [1.54, 1.807) is 23.6 Å². The predicted molar refractivity (Wildman–Crippen MR) is 101 cm³/mol. The smallest absolute Gasteiger partial charge is 0.345 e. The Morgan fingerprint density at radius 1 is 1.08 bits per heavy atom. The van der Waals surface area contributed by atoms with Gasteiger partial charge in [0.05, 0.1) is 16.3 Å². The number of anilines is 2. The monoisotopic (exact) mass is 369 g/mol. The quantitative estimate of drug-likeness (QED) is 0.516. The number of carbonyl (C=O) groups is 1. The van der Waals surface area contributed by atoms with E-state index in [0.29, 0.717) is 22.0 Å². The Hall–Kier alpha value is -2.97. The number of hydrogen-bond acceptors (Lipinski definition) is 6. The fraction of sp³-hybridized carbons (Fsp3) is 0. The summed E-state index contributed by atoms with van der Waals surface area (Å²) in [5.74, 6) is 0. The molecule has 3 aromatic heterocycles. The second-order valence-electron chi connectivity index (χ2n) is 5.08. The Bertz CT molecular complexity index is 1100. The van der Waals surface area contributed by atoms with Crippen molar-refractivity contribution in [3.63, 3.8) is 0 Å². The zero-order valence-electron chi connectivity index (χ0n) is 12.7. The lowest BCUT2D eigenvalue weighted by molar-refractivity contribution is 0.262. The molecule has 0 saturated heterocycles. The first-order chi connectivity index (χ1) is 12.2. The highest BCUT2D eigenvalue weighted by Gasteiger charge is 2.13. The molecule has 124 valence electrons. The molecule has 0 aliphatic rings. The van der Waals surface area contributed by atoms with Gasteiger partial charge in [-0.25, -0.2) is 14.6 Å². The summed E-state index contributed by atoms with van der Waals surface area (Å²) in [4.78, 5) is 28.4. The van der Waals surface area contributed by atoms with Crippen LogP contribution in [0.5, 0.6) is 0 Å². The van der Waals surface area contributed by atoms with Gasteiger partial charge in [-0.05, 0) is 29.6 Å². The van der Waals surface area contributed by atoms with Crippen molar-refractivity contribution < 1.29 is 9.21 Å². The van der Waals surface area contributed by atoms with Crippen molar-refractivity contribution in [2.24, 2.45) is 0 Å². The normalized spacial score (nSPS) is 10.7. The van der Waals surface area contributed by atoms with Gasteiger partial charge in [-0.15, -0.1) is 22.7 Å². The van der Waals surface area contributed by atoms with E-state index in [9.17, 15) is 9.59 Å². The maximum atomic E-state index is 12.2. The summed E-state index contributed by atoms with van der Waals surface area (Å²) in [6.45, 7) is 0. The van der Waals surface area contributed by atoms with Crippen molar-refractivity contribution in [3.8, 4) is 11.3 Å². The number of para-hydroxylation sites is 1. The minimum atomic E-state index is -0.460. The molecule has 1 aromatic carbocycles. The van der Waals surface area contributed by atoms with Gasteiger partial charge >= 0.3 is 11.7 Å². The summed E-state index contributed by atoms with van der Waals surface area (Å²) in [7, 11) is 0. The maximum absolute atomic E-state index is 12.2. The number of fused-ring (bicyclic) bond motifs is 1. The zero-order chi connectivity index (χ0) is 17.2. The molecule has 0 unspecified atom stereocenters. The van der Waals surface area contributed by atoms with Crippen LogP contribution in [0.3, 0.4) is 0 Å². The van der Waals surface area contributed by atoms with Crippen LogP contribution in [0, 0.1) is 0 Å². The van der Waals surface area contributed by atoms with Gasteiger partial charge in [0.15, 0.2) is 5.13 Å². The van der Waals surface area contributed by atoms with Gasteiger partial charge < -0.3 is 4.42 Å². The van der Waals surface area contributed by atoms with E-state index >= 15 is 0 Å². The van der Waals surface area contributed by atoms with Crippen LogP contribution < -0.4 is 16.3 Å². The number of nitrogens with one attached hydrogen (secondary N) is 2. The number of amides is 2. The van der Waals surface area contributed by atoms with Crippen LogP contribution >= 0.6 is 22.7 Å². The van der Waals surface area contributed by atoms with Crippen molar-refractivity contribution in [2.45, 2.75) is 0 Å². The minimum Gasteiger partial charge on any atom is -0.422 e. The fourth-order valence-corrected chi connectivity index (χ4v) is 3.60. The Morgan fingerprint density at radius 2 is 1.96 bits per heavy atom. The van der Waals surface area contributed by atoms with E-state index in [2.05, 4.69) is 15.6 Å². The molecule has 0 bridgehead atoms. The number of urea groups is 1. The first kappa shape index (κ1) is 15.6. The molecule has 0 spiro atoms. The lowest BCUT2D eigenvalue weighted by Crippen LogP contribution is -2.18. The second-order valence-corrected chi connectivity index (χ2v) is 6.89. The Labute approximate surface area is 149 Å². The standard InChI is InChI=1S/C17H11N3O3S2/c21-15-11(8-10-4-1-2-5-13(10)23-15)12-9-25-17(18-12)20-16(22)19-14-6-3-7-24-14/h1-9H,(H2,18,19,20,22). The van der Waals surface area contributed by atoms with Crippen LogP contribution in [0.25, 0.3) is 22.2 Å². The summed E-state index contributed by atoms with van der Waals surface area (Å²) in [5, 5.41) is 10.9. The first-order valence-corrected chi connectivity index (χ1v) is 9.05. The number of rotatable bonds is 3. The summed E-state index contributed by atoms with van der Waals surface area (Å²) < 4.78 is 5.32. The molecule has 0 fully saturated rings. The molecule has 0 aliphatic heterocycles. The Balaban J connectivity index is 1.58. The van der Waals surface area contributed by atoms with Crippen LogP contribution in [0.15, 0.2) is 62.4 Å². The lowest BCUT2D eigenvalue weighted by atomic mass is 10.1. The van der Waals surface area contributed by atoms with E-state index in [0.717, 1.165) is 10.4 Å². The van der Waals surface area contributed by atoms with Crippen molar-refractivity contribution in [1.82, 2.24) is 4.98 Å². The van der Waals surface area contributed by atoms with Gasteiger partial charge in [-0.2, -0.15) is 0 Å². The highest BCUT2D eigenvalue weighted by molar-refractivity contribution is 7.14. The molecule has 0 atom stereocenters. The average Bonchev–Trinajstić information content (AvgIpc) is 3.26. The number of carbonyl (C=O) groups excluding carboxylic acids is 1. The number of aromatic nitrogens is 1. The van der Waals surface area contributed by atoms with Gasteiger partial charge in [0.2, 0.25) is 0 Å². The summed E-state index contributed by atoms with van der Waals surface area (Å²) in [6.07, 6.45) is 0. The van der Waals surface area contributed by atoms with Crippen LogP contribution in [-0.4, -0.2) is 11.0 Å². The molecular weight excluding hydrogens is 358 g/mol. The summed E-state index contributed by atoms with van der Waals surface area (Å²) in [5.41, 5.74) is 0.899. The van der Waals surface area contributed by atoms with Crippen LogP contribution in [0.2, 0.25) is 0 Å². The third-order valence-electron chi connectivity index (χ3n) is 3.40. The molecule has 2 N–H and O–H groups in total. The highest BCUT2D eigenvalue weighted by Crippen LogP contribution is 2.25. The van der Waals surface area contributed by atoms with E-state index in [1.165, 1.54) is 22.7 Å². The van der Waals surface area contributed by atoms with Gasteiger partial charge in [0.25, 0.3) is 0 Å². The third-order valence-corrected chi connectivity index (χ3v) is 4.94. The summed E-state index contributed by atoms with van der Waals surface area (Å²) >= 11 is 2.66. The van der Waals surface area contributed by atoms with E-state index in [1.807, 2.05) is 29.6 Å². The van der Waals surface area contributed by atoms with Gasteiger partial charge in [0.1, 0.15) is 5.58 Å². The molecule has 4 rings (SSSR count). The number of thiazole rings is 1. The third kappa shape index (κ3) is 3.30. The van der Waals surface area contributed by atoms with E-state index < -0.39 is 5.63 Å². The maximum Gasteiger partial charge on any atom is 0.345 e. The molecule has 6 nitrogen and oxygen atoms in total. The molecule has 2 amide bonds. The Morgan fingerprint density at radius 3 is 2.80 bits per heavy atom. The summed E-state index contributed by atoms with van der Waals surface area (Å²) in [6, 6.07) is 12.3. The molecule has 0 aliphatic carbocycles. The van der Waals surface area contributed by atoms with Gasteiger partial charge in [-0.1, -0.05) is 18.2 Å². The van der Waals surface area contributed by atoms with Crippen LogP contribution in [0.1, 0.15) is 0 Å². The van der Waals surface area contributed by atoms with E-state index in [-0.39, 0.29) is 6.03 Å². The van der Waals surface area contributed by atoms with Crippen LogP contribution in [-0.2, 0) is 0 Å². The second kappa shape index (κ2) is 6.50.